The molecule has 0 aliphatic carbocycles. The van der Waals surface area contributed by atoms with Crippen molar-refractivity contribution in [3.8, 4) is 5.88 Å². The van der Waals surface area contributed by atoms with Crippen molar-refractivity contribution in [3.63, 3.8) is 0 Å². The molecule has 0 bridgehead atoms. The van der Waals surface area contributed by atoms with Gasteiger partial charge in [-0.05, 0) is 26.0 Å². The summed E-state index contributed by atoms with van der Waals surface area (Å²) in [6.07, 6.45) is 0.0466. The van der Waals surface area contributed by atoms with Crippen LogP contribution in [0, 0.1) is 0 Å². The van der Waals surface area contributed by atoms with Gasteiger partial charge in [0.25, 0.3) is 0 Å². The quantitative estimate of drug-likeness (QED) is 0.772. The fourth-order valence-corrected chi connectivity index (χ4v) is 1.83. The van der Waals surface area contributed by atoms with Crippen LogP contribution in [-0.2, 0) is 0 Å². The minimum Gasteiger partial charge on any atom is -0.473 e. The maximum absolute atomic E-state index is 8.96. The Morgan fingerprint density at radius 2 is 2.12 bits per heavy atom. The molecular formula is C11H18N2O2S. The van der Waals surface area contributed by atoms with Gasteiger partial charge in [-0.2, -0.15) is 0 Å². The molecule has 0 fully saturated rings. The topological polar surface area (TPSA) is 68.4 Å². The predicted octanol–water partition coefficient (Wildman–Crippen LogP) is 1.92. The maximum Gasteiger partial charge on any atom is 0.238 e. The molecule has 0 aliphatic heterocycles. The highest BCUT2D eigenvalue weighted by molar-refractivity contribution is 7.99. The first-order valence-electron chi connectivity index (χ1n) is 5.23. The lowest BCUT2D eigenvalue weighted by Crippen LogP contribution is -2.09. The zero-order chi connectivity index (χ0) is 12.1. The van der Waals surface area contributed by atoms with Crippen LogP contribution in [0.15, 0.2) is 17.2 Å². The predicted molar refractivity (Wildman–Crippen MR) is 66.8 cm³/mol. The molecule has 1 rings (SSSR count). The number of hydrogen-bond donors (Lipinski definition) is 2. The molecule has 1 aromatic heterocycles. The second-order valence-corrected chi connectivity index (χ2v) is 5.28. The number of pyridine rings is 1. The highest BCUT2D eigenvalue weighted by Crippen LogP contribution is 2.27. The summed E-state index contributed by atoms with van der Waals surface area (Å²) < 4.78 is 5.49. The summed E-state index contributed by atoms with van der Waals surface area (Å²) in [6, 6.07) is 3.61. The summed E-state index contributed by atoms with van der Waals surface area (Å²) in [7, 11) is 0. The van der Waals surface area contributed by atoms with E-state index < -0.39 is 0 Å². The number of ether oxygens (including phenoxy) is 1. The van der Waals surface area contributed by atoms with Crippen molar-refractivity contribution in [2.24, 2.45) is 0 Å². The molecule has 1 atom stereocenters. The van der Waals surface area contributed by atoms with Gasteiger partial charge in [0.15, 0.2) is 0 Å². The van der Waals surface area contributed by atoms with E-state index in [1.54, 1.807) is 6.07 Å². The molecule has 0 saturated carbocycles. The summed E-state index contributed by atoms with van der Waals surface area (Å²) in [5.41, 5.74) is 6.29. The molecule has 1 unspecified atom stereocenters. The number of hydrogen-bond acceptors (Lipinski definition) is 5. The third kappa shape index (κ3) is 3.90. The van der Waals surface area contributed by atoms with Gasteiger partial charge in [0.2, 0.25) is 5.88 Å². The Morgan fingerprint density at radius 3 is 2.69 bits per heavy atom. The van der Waals surface area contributed by atoms with Gasteiger partial charge in [0.1, 0.15) is 5.03 Å². The van der Waals surface area contributed by atoms with Crippen molar-refractivity contribution in [1.82, 2.24) is 4.98 Å². The number of aromatic nitrogens is 1. The Bertz CT molecular complexity index is 345. The largest absolute Gasteiger partial charge is 0.473 e. The first-order valence-corrected chi connectivity index (χ1v) is 6.11. The molecule has 0 aromatic carbocycles. The van der Waals surface area contributed by atoms with Crippen molar-refractivity contribution in [1.29, 1.82) is 0 Å². The van der Waals surface area contributed by atoms with Crippen LogP contribution in [0.4, 0.5) is 5.69 Å². The van der Waals surface area contributed by atoms with Crippen LogP contribution in [-0.4, -0.2) is 28.1 Å². The molecule has 4 nitrogen and oxygen atoms in total. The SMILES string of the molecule is CC(C)Oc1nc(SC(C)CO)ccc1N. The Balaban J connectivity index is 2.80. The molecule has 0 aliphatic rings. The fourth-order valence-electron chi connectivity index (χ4n) is 1.06. The lowest BCUT2D eigenvalue weighted by atomic mass is 10.4. The monoisotopic (exact) mass is 242 g/mol. The van der Waals surface area contributed by atoms with E-state index in [1.807, 2.05) is 26.8 Å². The van der Waals surface area contributed by atoms with Gasteiger partial charge in [-0.25, -0.2) is 4.98 Å². The van der Waals surface area contributed by atoms with Crippen molar-refractivity contribution in [2.45, 2.75) is 37.2 Å². The highest BCUT2D eigenvalue weighted by atomic mass is 32.2. The van der Waals surface area contributed by atoms with Crippen molar-refractivity contribution < 1.29 is 9.84 Å². The highest BCUT2D eigenvalue weighted by Gasteiger charge is 2.09. The molecule has 1 aromatic rings. The van der Waals surface area contributed by atoms with Gasteiger partial charge < -0.3 is 15.6 Å². The second-order valence-electron chi connectivity index (χ2n) is 3.82. The number of aliphatic hydroxyl groups excluding tert-OH is 1. The molecule has 0 saturated heterocycles. The van der Waals surface area contributed by atoms with Gasteiger partial charge >= 0.3 is 0 Å². The van der Waals surface area contributed by atoms with Crippen LogP contribution in [0.3, 0.4) is 0 Å². The molecule has 90 valence electrons. The number of nitrogens with two attached hydrogens (primary N) is 1. The minimum atomic E-state index is 0.0466. The number of nitrogen functional groups attached to an aromatic ring is 1. The van der Waals surface area contributed by atoms with E-state index in [9.17, 15) is 0 Å². The molecule has 16 heavy (non-hydrogen) atoms. The van der Waals surface area contributed by atoms with Crippen LogP contribution >= 0.6 is 11.8 Å². The fraction of sp³-hybridized carbons (Fsp3) is 0.545. The third-order valence-electron chi connectivity index (χ3n) is 1.79. The minimum absolute atomic E-state index is 0.0466. The number of anilines is 1. The van der Waals surface area contributed by atoms with Crippen molar-refractivity contribution >= 4 is 17.4 Å². The van der Waals surface area contributed by atoms with Crippen LogP contribution in [0.25, 0.3) is 0 Å². The summed E-state index contributed by atoms with van der Waals surface area (Å²) >= 11 is 1.50. The Morgan fingerprint density at radius 1 is 1.44 bits per heavy atom. The summed E-state index contributed by atoms with van der Waals surface area (Å²) in [5, 5.41) is 9.89. The molecule has 5 heteroatoms. The van der Waals surface area contributed by atoms with E-state index in [-0.39, 0.29) is 18.0 Å². The standard InChI is InChI=1S/C11H18N2O2S/c1-7(2)15-11-9(12)4-5-10(13-11)16-8(3)6-14/h4-5,7-8,14H,6,12H2,1-3H3. The average Bonchev–Trinajstić information content (AvgIpc) is 2.22. The smallest absolute Gasteiger partial charge is 0.238 e. The van der Waals surface area contributed by atoms with Crippen LogP contribution in [0.5, 0.6) is 5.88 Å². The molecule has 1 heterocycles. The average molecular weight is 242 g/mol. The summed E-state index contributed by atoms with van der Waals surface area (Å²) in [6.45, 7) is 5.91. The van der Waals surface area contributed by atoms with E-state index in [4.69, 9.17) is 15.6 Å². The van der Waals surface area contributed by atoms with Crippen LogP contribution in [0.1, 0.15) is 20.8 Å². The number of rotatable bonds is 5. The first kappa shape index (κ1) is 13.1. The zero-order valence-corrected chi connectivity index (χ0v) is 10.6. The lowest BCUT2D eigenvalue weighted by molar-refractivity contribution is 0.232. The van der Waals surface area contributed by atoms with E-state index in [0.29, 0.717) is 11.6 Å². The first-order chi connectivity index (χ1) is 7.52. The summed E-state index contributed by atoms with van der Waals surface area (Å²) in [4.78, 5) is 4.30. The van der Waals surface area contributed by atoms with E-state index in [1.165, 1.54) is 11.8 Å². The summed E-state index contributed by atoms with van der Waals surface area (Å²) in [5.74, 6) is 0.463. The molecular weight excluding hydrogens is 224 g/mol. The van der Waals surface area contributed by atoms with Crippen molar-refractivity contribution in [2.75, 3.05) is 12.3 Å². The van der Waals surface area contributed by atoms with Gasteiger partial charge in [-0.15, -0.1) is 11.8 Å². The van der Waals surface area contributed by atoms with Gasteiger partial charge in [-0.1, -0.05) is 6.92 Å². The molecule has 0 radical (unpaired) electrons. The van der Waals surface area contributed by atoms with E-state index in [0.717, 1.165) is 5.03 Å². The van der Waals surface area contributed by atoms with Crippen LogP contribution < -0.4 is 10.5 Å². The normalized spacial score (nSPS) is 12.8. The molecule has 3 N–H and O–H groups in total. The molecule has 0 amide bonds. The lowest BCUT2D eigenvalue weighted by Gasteiger charge is -2.13. The van der Waals surface area contributed by atoms with Gasteiger partial charge in [0.05, 0.1) is 18.4 Å². The third-order valence-corrected chi connectivity index (χ3v) is 2.81. The number of nitrogens with zero attached hydrogens (tertiary/aromatic N) is 1. The number of aliphatic hydroxyl groups is 1. The van der Waals surface area contributed by atoms with Crippen molar-refractivity contribution in [3.05, 3.63) is 12.1 Å². The zero-order valence-electron chi connectivity index (χ0n) is 9.80. The van der Waals surface area contributed by atoms with Gasteiger partial charge in [-0.3, -0.25) is 0 Å². The van der Waals surface area contributed by atoms with E-state index in [2.05, 4.69) is 4.98 Å². The van der Waals surface area contributed by atoms with Crippen LogP contribution in [0.2, 0.25) is 0 Å². The Labute approximate surface area is 100 Å². The number of thioether (sulfide) groups is 1. The Hall–Kier alpha value is -0.940. The molecule has 0 spiro atoms. The Kier molecular flexibility index (Phi) is 4.89. The second kappa shape index (κ2) is 5.96. The maximum atomic E-state index is 8.96. The van der Waals surface area contributed by atoms with E-state index >= 15 is 0 Å². The van der Waals surface area contributed by atoms with Gasteiger partial charge in [0, 0.05) is 5.25 Å².